The van der Waals surface area contributed by atoms with Crippen LogP contribution in [0.1, 0.15) is 68.8 Å². The van der Waals surface area contributed by atoms with Gasteiger partial charge in [0.1, 0.15) is 11.5 Å². The van der Waals surface area contributed by atoms with Gasteiger partial charge in [0.05, 0.1) is 5.92 Å². The first kappa shape index (κ1) is 23.6. The maximum Gasteiger partial charge on any atom is 0.225 e. The summed E-state index contributed by atoms with van der Waals surface area (Å²) in [6.07, 6.45) is 7.99. The van der Waals surface area contributed by atoms with Crippen LogP contribution in [0, 0.1) is 17.7 Å². The highest BCUT2D eigenvalue weighted by atomic mass is 19.1. The number of carbonyl (C=O) groups excluding carboxylic acids is 2. The van der Waals surface area contributed by atoms with Gasteiger partial charge in [-0.15, -0.1) is 0 Å². The number of hydrogen-bond acceptors (Lipinski definition) is 5. The van der Waals surface area contributed by atoms with Crippen LogP contribution < -0.4 is 5.32 Å². The lowest BCUT2D eigenvalue weighted by atomic mass is 9.97. The van der Waals surface area contributed by atoms with Crippen LogP contribution in [0.4, 0.5) is 4.39 Å². The number of benzene rings is 1. The highest BCUT2D eigenvalue weighted by Gasteiger charge is 2.34. The first-order valence-electron chi connectivity index (χ1n) is 12.3. The molecule has 1 amide bonds. The van der Waals surface area contributed by atoms with Crippen molar-refractivity contribution in [1.29, 1.82) is 0 Å². The molecule has 0 radical (unpaired) electrons. The number of unbranched alkanes of at least 4 members (excludes halogenated alkanes) is 3. The van der Waals surface area contributed by atoms with Gasteiger partial charge in [0.2, 0.25) is 5.91 Å². The number of hydrogen-bond donors (Lipinski definition) is 1. The van der Waals surface area contributed by atoms with Crippen LogP contribution in [-0.4, -0.2) is 47.4 Å². The van der Waals surface area contributed by atoms with Gasteiger partial charge in [0.15, 0.2) is 11.5 Å². The largest absolute Gasteiger partial charge is 0.356 e. The quantitative estimate of drug-likeness (QED) is 0.387. The fourth-order valence-corrected chi connectivity index (χ4v) is 4.84. The van der Waals surface area contributed by atoms with Crippen LogP contribution in [-0.2, 0) is 4.79 Å². The molecule has 0 unspecified atom stereocenters. The molecule has 1 aromatic carbocycles. The molecule has 1 N–H and O–H groups in total. The molecule has 0 spiro atoms. The number of halogens is 1. The van der Waals surface area contributed by atoms with Gasteiger partial charge >= 0.3 is 0 Å². The van der Waals surface area contributed by atoms with E-state index in [-0.39, 0.29) is 23.4 Å². The SMILES string of the molecule is C[C@H]1CCC[C@@H]1NC(=O)C1CN(CCCCCCC(=O)c2cc(-c3ccc(F)cc3)on2)C1. The predicted octanol–water partition coefficient (Wildman–Crippen LogP) is 4.85. The second-order valence-corrected chi connectivity index (χ2v) is 9.65. The van der Waals surface area contributed by atoms with E-state index in [9.17, 15) is 14.0 Å². The fourth-order valence-electron chi connectivity index (χ4n) is 4.84. The maximum absolute atomic E-state index is 13.0. The summed E-state index contributed by atoms with van der Waals surface area (Å²) in [6.45, 7) is 4.99. The van der Waals surface area contributed by atoms with E-state index in [0.29, 0.717) is 35.4 Å². The molecule has 7 heteroatoms. The van der Waals surface area contributed by atoms with Crippen molar-refractivity contribution in [3.05, 3.63) is 41.8 Å². The Bertz CT molecular complexity index is 937. The second-order valence-electron chi connectivity index (χ2n) is 9.65. The van der Waals surface area contributed by atoms with Crippen molar-refractivity contribution in [3.8, 4) is 11.3 Å². The zero-order valence-electron chi connectivity index (χ0n) is 19.4. The van der Waals surface area contributed by atoms with E-state index < -0.39 is 0 Å². The molecule has 2 atom stereocenters. The molecule has 1 aromatic heterocycles. The number of nitrogens with one attached hydrogen (secondary N) is 1. The Hall–Kier alpha value is -2.54. The minimum atomic E-state index is -0.317. The van der Waals surface area contributed by atoms with Gasteiger partial charge in [-0.05, 0) is 62.4 Å². The molecule has 178 valence electrons. The minimum absolute atomic E-state index is 0.0275. The van der Waals surface area contributed by atoms with E-state index in [1.54, 1.807) is 18.2 Å². The molecular weight excluding hydrogens is 421 g/mol. The monoisotopic (exact) mass is 455 g/mol. The van der Waals surface area contributed by atoms with Crippen molar-refractivity contribution in [3.63, 3.8) is 0 Å². The maximum atomic E-state index is 13.0. The lowest BCUT2D eigenvalue weighted by molar-refractivity contribution is -0.131. The third kappa shape index (κ3) is 6.28. The molecule has 2 fully saturated rings. The van der Waals surface area contributed by atoms with Crippen molar-refractivity contribution >= 4 is 11.7 Å². The van der Waals surface area contributed by atoms with E-state index in [1.165, 1.54) is 25.0 Å². The highest BCUT2D eigenvalue weighted by Crippen LogP contribution is 2.26. The second kappa shape index (κ2) is 11.1. The molecule has 1 saturated heterocycles. The van der Waals surface area contributed by atoms with Crippen LogP contribution in [0.5, 0.6) is 0 Å². The van der Waals surface area contributed by atoms with Crippen LogP contribution in [0.2, 0.25) is 0 Å². The number of nitrogens with zero attached hydrogens (tertiary/aromatic N) is 2. The lowest BCUT2D eigenvalue weighted by Gasteiger charge is -2.39. The Labute approximate surface area is 194 Å². The van der Waals surface area contributed by atoms with Gasteiger partial charge < -0.3 is 14.7 Å². The number of ketones is 1. The van der Waals surface area contributed by atoms with E-state index in [1.807, 2.05) is 0 Å². The van der Waals surface area contributed by atoms with Crippen molar-refractivity contribution in [2.24, 2.45) is 11.8 Å². The van der Waals surface area contributed by atoms with E-state index in [0.717, 1.165) is 51.7 Å². The first-order chi connectivity index (χ1) is 16.0. The van der Waals surface area contributed by atoms with Crippen LogP contribution >= 0.6 is 0 Å². The van der Waals surface area contributed by atoms with Gasteiger partial charge in [0, 0.05) is 37.2 Å². The van der Waals surface area contributed by atoms with Gasteiger partial charge in [-0.2, -0.15) is 0 Å². The van der Waals surface area contributed by atoms with Crippen LogP contribution in [0.15, 0.2) is 34.9 Å². The van der Waals surface area contributed by atoms with Gasteiger partial charge in [0.25, 0.3) is 0 Å². The Morgan fingerprint density at radius 2 is 1.88 bits per heavy atom. The zero-order chi connectivity index (χ0) is 23.2. The first-order valence-corrected chi connectivity index (χ1v) is 12.3. The number of carbonyl (C=O) groups is 2. The Morgan fingerprint density at radius 3 is 2.61 bits per heavy atom. The molecule has 1 aliphatic heterocycles. The average Bonchev–Trinajstić information content (AvgIpc) is 3.42. The average molecular weight is 456 g/mol. The lowest BCUT2D eigenvalue weighted by Crippen LogP contribution is -2.55. The number of Topliss-reactive ketones (excluding diaryl/α,β-unsaturated/α-hetero) is 1. The number of likely N-dealkylation sites (tertiary alicyclic amines) is 1. The molecule has 1 saturated carbocycles. The Morgan fingerprint density at radius 1 is 1.12 bits per heavy atom. The molecule has 4 rings (SSSR count). The third-order valence-electron chi connectivity index (χ3n) is 7.07. The zero-order valence-corrected chi connectivity index (χ0v) is 19.4. The standard InChI is InChI=1S/C26H34FN3O3/c1-18-7-6-8-22(18)28-26(32)20-16-30(17-20)14-5-3-2-4-9-24(31)23-15-25(33-29-23)19-10-12-21(27)13-11-19/h10-13,15,18,20,22H,2-9,14,16-17H2,1H3,(H,28,32)/t18-,22-/m0/s1. The van der Waals surface area contributed by atoms with Crippen molar-refractivity contribution < 1.29 is 18.5 Å². The van der Waals surface area contributed by atoms with Gasteiger partial charge in [-0.25, -0.2) is 4.39 Å². The molecule has 2 aromatic rings. The Balaban J connectivity index is 1.06. The summed E-state index contributed by atoms with van der Waals surface area (Å²) in [4.78, 5) is 27.1. The molecule has 1 aliphatic carbocycles. The Kier molecular flexibility index (Phi) is 7.91. The number of aromatic nitrogens is 1. The van der Waals surface area contributed by atoms with Crippen LogP contribution in [0.25, 0.3) is 11.3 Å². The number of rotatable bonds is 11. The summed E-state index contributed by atoms with van der Waals surface area (Å²) in [5.41, 5.74) is 1.02. The van der Waals surface area contributed by atoms with E-state index in [4.69, 9.17) is 4.52 Å². The normalized spacial score (nSPS) is 21.2. The van der Waals surface area contributed by atoms with E-state index >= 15 is 0 Å². The molecule has 0 bridgehead atoms. The molecule has 33 heavy (non-hydrogen) atoms. The smallest absolute Gasteiger partial charge is 0.225 e. The van der Waals surface area contributed by atoms with Crippen molar-refractivity contribution in [2.45, 2.75) is 64.3 Å². The molecule has 2 heterocycles. The summed E-state index contributed by atoms with van der Waals surface area (Å²) >= 11 is 0. The fraction of sp³-hybridized carbons (Fsp3) is 0.577. The molecular formula is C26H34FN3O3. The molecule has 6 nitrogen and oxygen atoms in total. The van der Waals surface area contributed by atoms with Gasteiger partial charge in [-0.1, -0.05) is 31.3 Å². The minimum Gasteiger partial charge on any atom is -0.356 e. The van der Waals surface area contributed by atoms with Crippen LogP contribution in [0.3, 0.4) is 0 Å². The summed E-state index contributed by atoms with van der Waals surface area (Å²) < 4.78 is 18.3. The number of amides is 1. The highest BCUT2D eigenvalue weighted by molar-refractivity contribution is 5.94. The van der Waals surface area contributed by atoms with Gasteiger partial charge in [-0.3, -0.25) is 9.59 Å². The van der Waals surface area contributed by atoms with Crippen molar-refractivity contribution in [1.82, 2.24) is 15.4 Å². The van der Waals surface area contributed by atoms with E-state index in [2.05, 4.69) is 22.3 Å². The summed E-state index contributed by atoms with van der Waals surface area (Å²) in [5.74, 6) is 1.12. The van der Waals surface area contributed by atoms with Crippen molar-refractivity contribution in [2.75, 3.05) is 19.6 Å². The molecule has 2 aliphatic rings. The summed E-state index contributed by atoms with van der Waals surface area (Å²) in [6, 6.07) is 7.91. The summed E-state index contributed by atoms with van der Waals surface area (Å²) in [5, 5.41) is 7.12. The topological polar surface area (TPSA) is 75.4 Å². The third-order valence-corrected chi connectivity index (χ3v) is 7.07. The predicted molar refractivity (Wildman–Crippen MR) is 124 cm³/mol. The summed E-state index contributed by atoms with van der Waals surface area (Å²) in [7, 11) is 0.